The Labute approximate surface area is 91.2 Å². The van der Waals surface area contributed by atoms with Crippen LogP contribution in [0.15, 0.2) is 12.1 Å². The van der Waals surface area contributed by atoms with E-state index in [1.165, 1.54) is 30.4 Å². The summed E-state index contributed by atoms with van der Waals surface area (Å²) in [6.45, 7) is 2.26. The van der Waals surface area contributed by atoms with Crippen LogP contribution in [-0.4, -0.2) is 14.2 Å². The average molecular weight is 206 g/mol. The molecule has 1 aliphatic carbocycles. The van der Waals surface area contributed by atoms with Gasteiger partial charge in [0.2, 0.25) is 0 Å². The molecule has 2 heteroatoms. The molecule has 0 radical (unpaired) electrons. The smallest absolute Gasteiger partial charge is 0.164 e. The molecular formula is C13H18O2. The van der Waals surface area contributed by atoms with Crippen molar-refractivity contribution in [3.63, 3.8) is 0 Å². The third-order valence-corrected chi connectivity index (χ3v) is 3.25. The number of fused-ring (bicyclic) bond motifs is 1. The standard InChI is InChI=1S/C13H18O2/c1-9-5-4-6-10-7-8-11(14-2)13(15-3)12(9)10/h7-9H,4-6H2,1-3H3. The molecule has 2 rings (SSSR count). The van der Waals surface area contributed by atoms with Crippen LogP contribution >= 0.6 is 0 Å². The summed E-state index contributed by atoms with van der Waals surface area (Å²) in [5.41, 5.74) is 2.77. The van der Waals surface area contributed by atoms with Crippen LogP contribution in [0.4, 0.5) is 0 Å². The number of rotatable bonds is 2. The lowest BCUT2D eigenvalue weighted by molar-refractivity contribution is 0.346. The van der Waals surface area contributed by atoms with Gasteiger partial charge in [0.05, 0.1) is 14.2 Å². The summed E-state index contributed by atoms with van der Waals surface area (Å²) >= 11 is 0. The van der Waals surface area contributed by atoms with E-state index in [0.29, 0.717) is 5.92 Å². The molecule has 1 aliphatic rings. The Morgan fingerprint density at radius 2 is 2.00 bits per heavy atom. The highest BCUT2D eigenvalue weighted by atomic mass is 16.5. The zero-order valence-corrected chi connectivity index (χ0v) is 9.67. The van der Waals surface area contributed by atoms with E-state index < -0.39 is 0 Å². The number of hydrogen-bond donors (Lipinski definition) is 0. The maximum absolute atomic E-state index is 5.48. The Morgan fingerprint density at radius 3 is 2.67 bits per heavy atom. The van der Waals surface area contributed by atoms with Gasteiger partial charge in [-0.2, -0.15) is 0 Å². The second-order valence-electron chi connectivity index (χ2n) is 4.17. The Bertz CT molecular complexity index is 358. The Morgan fingerprint density at radius 1 is 1.20 bits per heavy atom. The monoisotopic (exact) mass is 206 g/mol. The van der Waals surface area contributed by atoms with Crippen molar-refractivity contribution in [2.75, 3.05) is 14.2 Å². The molecule has 0 bridgehead atoms. The van der Waals surface area contributed by atoms with Crippen LogP contribution in [0.2, 0.25) is 0 Å². The second-order valence-corrected chi connectivity index (χ2v) is 4.17. The van der Waals surface area contributed by atoms with Gasteiger partial charge in [-0.25, -0.2) is 0 Å². The molecule has 0 heterocycles. The van der Waals surface area contributed by atoms with Crippen LogP contribution in [-0.2, 0) is 6.42 Å². The van der Waals surface area contributed by atoms with E-state index in [-0.39, 0.29) is 0 Å². The van der Waals surface area contributed by atoms with Crippen molar-refractivity contribution in [3.8, 4) is 11.5 Å². The van der Waals surface area contributed by atoms with Crippen molar-refractivity contribution in [3.05, 3.63) is 23.3 Å². The van der Waals surface area contributed by atoms with Gasteiger partial charge in [-0.05, 0) is 36.8 Å². The van der Waals surface area contributed by atoms with Crippen LogP contribution in [0.3, 0.4) is 0 Å². The number of ether oxygens (including phenoxy) is 2. The highest BCUT2D eigenvalue weighted by Gasteiger charge is 2.22. The average Bonchev–Trinajstić information content (AvgIpc) is 2.28. The summed E-state index contributed by atoms with van der Waals surface area (Å²) in [6.07, 6.45) is 3.69. The molecule has 0 aliphatic heterocycles. The van der Waals surface area contributed by atoms with Crippen molar-refractivity contribution in [1.82, 2.24) is 0 Å². The van der Waals surface area contributed by atoms with Gasteiger partial charge in [-0.1, -0.05) is 13.0 Å². The molecule has 1 aromatic rings. The molecule has 0 spiro atoms. The van der Waals surface area contributed by atoms with E-state index in [4.69, 9.17) is 9.47 Å². The third-order valence-electron chi connectivity index (χ3n) is 3.25. The van der Waals surface area contributed by atoms with E-state index in [1.54, 1.807) is 14.2 Å². The highest BCUT2D eigenvalue weighted by Crippen LogP contribution is 2.42. The normalized spacial score (nSPS) is 19.5. The summed E-state index contributed by atoms with van der Waals surface area (Å²) in [7, 11) is 3.41. The van der Waals surface area contributed by atoms with Crippen molar-refractivity contribution in [2.45, 2.75) is 32.1 Å². The predicted molar refractivity (Wildman–Crippen MR) is 60.9 cm³/mol. The predicted octanol–water partition coefficient (Wildman–Crippen LogP) is 3.14. The zero-order valence-electron chi connectivity index (χ0n) is 9.67. The summed E-state index contributed by atoms with van der Waals surface area (Å²) in [4.78, 5) is 0. The molecule has 0 saturated carbocycles. The van der Waals surface area contributed by atoms with Gasteiger partial charge in [0.1, 0.15) is 0 Å². The first-order valence-corrected chi connectivity index (χ1v) is 5.51. The summed E-state index contributed by atoms with van der Waals surface area (Å²) < 4.78 is 10.8. The molecule has 82 valence electrons. The molecule has 0 amide bonds. The van der Waals surface area contributed by atoms with Crippen LogP contribution in [0.1, 0.15) is 36.8 Å². The molecule has 0 saturated heterocycles. The zero-order chi connectivity index (χ0) is 10.8. The van der Waals surface area contributed by atoms with Crippen molar-refractivity contribution in [2.24, 2.45) is 0 Å². The van der Waals surface area contributed by atoms with Gasteiger partial charge in [0, 0.05) is 5.56 Å². The largest absolute Gasteiger partial charge is 0.493 e. The lowest BCUT2D eigenvalue weighted by Gasteiger charge is -2.25. The molecular weight excluding hydrogens is 188 g/mol. The van der Waals surface area contributed by atoms with E-state index in [0.717, 1.165) is 11.5 Å². The fraction of sp³-hybridized carbons (Fsp3) is 0.538. The van der Waals surface area contributed by atoms with Gasteiger partial charge in [0.15, 0.2) is 11.5 Å². The Kier molecular flexibility index (Phi) is 2.85. The van der Waals surface area contributed by atoms with Crippen molar-refractivity contribution >= 4 is 0 Å². The molecule has 0 aromatic heterocycles. The fourth-order valence-corrected chi connectivity index (χ4v) is 2.49. The van der Waals surface area contributed by atoms with Crippen molar-refractivity contribution in [1.29, 1.82) is 0 Å². The lowest BCUT2D eigenvalue weighted by Crippen LogP contribution is -2.09. The van der Waals surface area contributed by atoms with Crippen LogP contribution < -0.4 is 9.47 Å². The molecule has 0 fully saturated rings. The van der Waals surface area contributed by atoms with Gasteiger partial charge < -0.3 is 9.47 Å². The second kappa shape index (κ2) is 4.13. The molecule has 1 atom stereocenters. The van der Waals surface area contributed by atoms with Crippen LogP contribution in [0.5, 0.6) is 11.5 Å². The fourth-order valence-electron chi connectivity index (χ4n) is 2.49. The minimum Gasteiger partial charge on any atom is -0.493 e. The van der Waals surface area contributed by atoms with Crippen LogP contribution in [0, 0.1) is 0 Å². The van der Waals surface area contributed by atoms with Gasteiger partial charge in [-0.15, -0.1) is 0 Å². The summed E-state index contributed by atoms with van der Waals surface area (Å²) in [5.74, 6) is 2.37. The minimum atomic E-state index is 0.582. The molecule has 0 N–H and O–H groups in total. The first-order valence-electron chi connectivity index (χ1n) is 5.51. The summed E-state index contributed by atoms with van der Waals surface area (Å²) in [5, 5.41) is 0. The summed E-state index contributed by atoms with van der Waals surface area (Å²) in [6, 6.07) is 4.18. The molecule has 1 aromatic carbocycles. The molecule has 1 unspecified atom stereocenters. The first-order chi connectivity index (χ1) is 7.27. The topological polar surface area (TPSA) is 18.5 Å². The maximum atomic E-state index is 5.48. The van der Waals surface area contributed by atoms with Gasteiger partial charge in [-0.3, -0.25) is 0 Å². The SMILES string of the molecule is COc1ccc2c(c1OC)C(C)CCC2. The molecule has 15 heavy (non-hydrogen) atoms. The van der Waals surface area contributed by atoms with E-state index >= 15 is 0 Å². The number of aryl methyl sites for hydroxylation is 1. The third kappa shape index (κ3) is 1.69. The lowest BCUT2D eigenvalue weighted by atomic mass is 9.83. The quantitative estimate of drug-likeness (QED) is 0.740. The van der Waals surface area contributed by atoms with Gasteiger partial charge in [0.25, 0.3) is 0 Å². The van der Waals surface area contributed by atoms with Crippen molar-refractivity contribution < 1.29 is 9.47 Å². The maximum Gasteiger partial charge on any atom is 0.164 e. The highest BCUT2D eigenvalue weighted by molar-refractivity contribution is 5.53. The van der Waals surface area contributed by atoms with E-state index in [2.05, 4.69) is 13.0 Å². The first kappa shape index (κ1) is 10.3. The van der Waals surface area contributed by atoms with E-state index in [9.17, 15) is 0 Å². The number of benzene rings is 1. The number of hydrogen-bond acceptors (Lipinski definition) is 2. The van der Waals surface area contributed by atoms with Crippen LogP contribution in [0.25, 0.3) is 0 Å². The van der Waals surface area contributed by atoms with Gasteiger partial charge >= 0.3 is 0 Å². The van der Waals surface area contributed by atoms with E-state index in [1.807, 2.05) is 6.07 Å². The minimum absolute atomic E-state index is 0.582. The molecule has 2 nitrogen and oxygen atoms in total. The Hall–Kier alpha value is -1.18. The number of methoxy groups -OCH3 is 2. The Balaban J connectivity index is 2.56.